The van der Waals surface area contributed by atoms with Crippen LogP contribution in [0.4, 0.5) is 101 Å². The van der Waals surface area contributed by atoms with Gasteiger partial charge in [-0.3, -0.25) is 4.79 Å². The number of hydrogen-bond donors (Lipinski definition) is 0. The molecule has 8 rings (SSSR count). The molecular weight excluding hydrogens is 1110 g/mol. The maximum atomic E-state index is 15.4. The van der Waals surface area contributed by atoms with Crippen molar-refractivity contribution in [1.29, 1.82) is 0 Å². The van der Waals surface area contributed by atoms with Gasteiger partial charge in [0.05, 0.1) is 5.56 Å². The number of carbonyl (C=O) groups is 1. The van der Waals surface area contributed by atoms with Gasteiger partial charge in [0.1, 0.15) is 82.0 Å². The lowest BCUT2D eigenvalue weighted by atomic mass is 9.12. The second-order valence-corrected chi connectivity index (χ2v) is 19.8. The first-order chi connectivity index (χ1) is 36.1. The number of rotatable bonds is 10. The van der Waals surface area contributed by atoms with Gasteiger partial charge in [0.15, 0.2) is 69.8 Å². The lowest BCUT2D eigenvalue weighted by Gasteiger charge is -2.44. The van der Waals surface area contributed by atoms with Crippen molar-refractivity contribution in [1.82, 2.24) is 0 Å². The number of Topliss-reactive ketones (excluding diaryl/α,β-unsaturated/α-hetero) is 1. The van der Waals surface area contributed by atoms with E-state index >= 15 is 35.1 Å². The van der Waals surface area contributed by atoms with Crippen LogP contribution in [0.3, 0.4) is 0 Å². The van der Waals surface area contributed by atoms with E-state index in [2.05, 4.69) is 0 Å². The molecule has 0 fully saturated rings. The third-order valence-electron chi connectivity index (χ3n) is 12.2. The third-order valence-corrected chi connectivity index (χ3v) is 16.5. The molecule has 0 N–H and O–H groups in total. The SMILES string of the molecule is Fc1c(F)c(F)c([B-](c2c(F)c(F)c(F)c(F)c2F)(c2c(F)c(F)c(F)c(F)c2F)c2c(F)c(F)c(F)c(F)c2F)c(F)c1F.O=C(C[P+](c1ccccc1)(c1ccccc1)c1ccccc1)c1ccc(C(F)(F)F)cc1. The second kappa shape index (κ2) is 21.4. The van der Waals surface area contributed by atoms with Gasteiger partial charge in [0, 0.05) is 5.56 Å². The molecule has 77 heavy (non-hydrogen) atoms. The number of carbonyl (C=O) groups excluding carboxylic acids is 1. The van der Waals surface area contributed by atoms with E-state index in [1.807, 2.05) is 91.0 Å². The van der Waals surface area contributed by atoms with E-state index in [9.17, 15) is 70.7 Å². The quantitative estimate of drug-likeness (QED) is 0.0333. The summed E-state index contributed by atoms with van der Waals surface area (Å²) in [7, 11) is -2.39. The summed E-state index contributed by atoms with van der Waals surface area (Å²) in [5.41, 5.74) is -14.8. The molecule has 0 aliphatic rings. The van der Waals surface area contributed by atoms with Crippen LogP contribution < -0.4 is 37.8 Å². The van der Waals surface area contributed by atoms with Crippen molar-refractivity contribution in [3.05, 3.63) is 243 Å². The predicted molar refractivity (Wildman–Crippen MR) is 235 cm³/mol. The highest BCUT2D eigenvalue weighted by molar-refractivity contribution is 7.96. The Hall–Kier alpha value is -7.69. The summed E-state index contributed by atoms with van der Waals surface area (Å²) < 4.78 is 333. The smallest absolute Gasteiger partial charge is 0.290 e. The normalized spacial score (nSPS) is 11.9. The maximum Gasteiger partial charge on any atom is 0.416 e. The molecule has 0 aliphatic carbocycles. The van der Waals surface area contributed by atoms with Crippen molar-refractivity contribution in [2.45, 2.75) is 6.18 Å². The van der Waals surface area contributed by atoms with Gasteiger partial charge >= 0.3 is 6.18 Å². The zero-order valence-corrected chi connectivity index (χ0v) is 38.2. The largest absolute Gasteiger partial charge is 0.416 e. The number of benzene rings is 8. The summed E-state index contributed by atoms with van der Waals surface area (Å²) in [4.78, 5) is 13.5. The van der Waals surface area contributed by atoms with Gasteiger partial charge < -0.3 is 0 Å². The van der Waals surface area contributed by atoms with E-state index in [-0.39, 0.29) is 17.5 Å². The summed E-state index contributed by atoms with van der Waals surface area (Å²) in [5, 5.41) is 3.16. The zero-order chi connectivity index (χ0) is 57.0. The minimum absolute atomic E-state index is 0.177. The molecule has 0 saturated carbocycles. The van der Waals surface area contributed by atoms with Crippen molar-refractivity contribution in [2.75, 3.05) is 6.16 Å². The zero-order valence-electron chi connectivity index (χ0n) is 37.3. The molecule has 0 saturated heterocycles. The summed E-state index contributed by atoms with van der Waals surface area (Å²) in [6, 6.07) is 34.3. The molecule has 0 aromatic heterocycles. The van der Waals surface area contributed by atoms with E-state index in [1.165, 1.54) is 12.1 Å². The van der Waals surface area contributed by atoms with E-state index in [0.29, 0.717) is 0 Å². The van der Waals surface area contributed by atoms with Crippen molar-refractivity contribution < 1.29 is 106 Å². The van der Waals surface area contributed by atoms with Crippen molar-refractivity contribution in [3.8, 4) is 0 Å². The highest BCUT2D eigenvalue weighted by Crippen LogP contribution is 2.55. The Morgan fingerprint density at radius 3 is 0.727 bits per heavy atom. The first-order valence-corrected chi connectivity index (χ1v) is 23.1. The third kappa shape index (κ3) is 9.34. The van der Waals surface area contributed by atoms with Crippen LogP contribution >= 0.6 is 7.26 Å². The highest BCUT2D eigenvalue weighted by atomic mass is 31.2. The van der Waals surface area contributed by atoms with Gasteiger partial charge in [-0.25, -0.2) is 87.8 Å². The molecular formula is C51H21BF23OP. The molecule has 0 radical (unpaired) electrons. The highest BCUT2D eigenvalue weighted by Gasteiger charge is 2.53. The van der Waals surface area contributed by atoms with Crippen molar-refractivity contribution >= 4 is 57.0 Å². The second-order valence-electron chi connectivity index (χ2n) is 16.3. The topological polar surface area (TPSA) is 17.1 Å². The van der Waals surface area contributed by atoms with E-state index in [1.54, 1.807) is 0 Å². The van der Waals surface area contributed by atoms with Crippen LogP contribution in [0, 0.1) is 116 Å². The Bertz CT molecular complexity index is 3120. The lowest BCUT2D eigenvalue weighted by Crippen LogP contribution is -2.81. The fourth-order valence-electron chi connectivity index (χ4n) is 8.79. The van der Waals surface area contributed by atoms with Gasteiger partial charge in [0.2, 0.25) is 5.78 Å². The van der Waals surface area contributed by atoms with Gasteiger partial charge in [-0.05, 0) is 48.5 Å². The molecule has 0 amide bonds. The van der Waals surface area contributed by atoms with Crippen LogP contribution in [0.2, 0.25) is 0 Å². The predicted octanol–water partition coefficient (Wildman–Crippen LogP) is 11.7. The Balaban J connectivity index is 0.000000236. The molecule has 0 bridgehead atoms. The maximum absolute atomic E-state index is 15.4. The molecule has 0 spiro atoms. The Morgan fingerprint density at radius 1 is 0.312 bits per heavy atom. The summed E-state index contributed by atoms with van der Waals surface area (Å²) in [5.74, 6) is -71.6. The number of hydrogen-bond acceptors (Lipinski definition) is 1. The number of ketones is 1. The molecule has 0 heterocycles. The average Bonchev–Trinajstić information content (AvgIpc) is 3.53. The van der Waals surface area contributed by atoms with E-state index in [4.69, 9.17) is 0 Å². The van der Waals surface area contributed by atoms with Crippen molar-refractivity contribution in [3.63, 3.8) is 0 Å². The van der Waals surface area contributed by atoms with Crippen LogP contribution in [0.5, 0.6) is 0 Å². The molecule has 400 valence electrons. The van der Waals surface area contributed by atoms with Crippen LogP contribution in [-0.4, -0.2) is 18.1 Å². The standard InChI is InChI=1S/C27H21F3OP.C24BF20/c28-27(29,30)22-18-16-21(17-19-22)26(31)20-32(23-10-4-1-5-11-23,24-12-6-2-7-13-24)25-14-8-3-9-15-25;26-5-1(6(27)14(35)21(42)13(5)34)25(2-7(28)15(36)22(43)16(37)8(2)29,3-9(30)17(38)23(44)18(39)10(3)31)4-11(32)19(40)24(45)20(41)12(4)33/h1-19H,20H2;/q+1;-1. The Kier molecular flexibility index (Phi) is 15.8. The molecule has 0 aliphatic heterocycles. The fraction of sp³-hybridized carbons (Fsp3) is 0.0392. The minimum atomic E-state index is -7.22. The summed E-state index contributed by atoms with van der Waals surface area (Å²) in [6.45, 7) is 0. The molecule has 1 nitrogen and oxygen atoms in total. The fourth-order valence-corrected chi connectivity index (χ4v) is 12.9. The monoisotopic (exact) mass is 1130 g/mol. The van der Waals surface area contributed by atoms with Crippen LogP contribution in [0.15, 0.2) is 115 Å². The lowest BCUT2D eigenvalue weighted by molar-refractivity contribution is -0.137. The van der Waals surface area contributed by atoms with Gasteiger partial charge in [-0.1, -0.05) is 66.7 Å². The molecule has 0 unspecified atom stereocenters. The molecule has 8 aromatic rings. The number of alkyl halides is 3. The molecule has 26 heteroatoms. The van der Waals surface area contributed by atoms with Crippen LogP contribution in [0.1, 0.15) is 15.9 Å². The van der Waals surface area contributed by atoms with Crippen LogP contribution in [0.25, 0.3) is 0 Å². The molecule has 8 aromatic carbocycles. The Morgan fingerprint density at radius 2 is 0.519 bits per heavy atom. The van der Waals surface area contributed by atoms with Crippen molar-refractivity contribution in [2.24, 2.45) is 0 Å². The van der Waals surface area contributed by atoms with Crippen LogP contribution in [-0.2, 0) is 6.18 Å². The number of halogens is 23. The minimum Gasteiger partial charge on any atom is -0.290 e. The van der Waals surface area contributed by atoms with E-state index < -0.39 is 163 Å². The summed E-state index contributed by atoms with van der Waals surface area (Å²) >= 11 is 0. The Labute approximate surface area is 417 Å². The van der Waals surface area contributed by atoms with Gasteiger partial charge in [0.25, 0.3) is 0 Å². The molecule has 0 atom stereocenters. The first kappa shape index (κ1) is 57.0. The summed E-state index contributed by atoms with van der Waals surface area (Å²) in [6.07, 6.45) is -11.5. The van der Waals surface area contributed by atoms with Gasteiger partial charge in [-0.15, -0.1) is 21.9 Å². The first-order valence-electron chi connectivity index (χ1n) is 21.1. The average molecular weight is 1130 g/mol. The van der Waals surface area contributed by atoms with E-state index in [0.717, 1.165) is 28.0 Å². The van der Waals surface area contributed by atoms with Gasteiger partial charge in [-0.2, -0.15) is 13.2 Å².